The van der Waals surface area contributed by atoms with E-state index in [1.807, 2.05) is 18.2 Å². The molecule has 4 N–H and O–H groups in total. The Morgan fingerprint density at radius 2 is 2.07 bits per heavy atom. The molecule has 3 amide bonds. The number of piperidine rings is 1. The van der Waals surface area contributed by atoms with E-state index in [1.54, 1.807) is 23.2 Å². The van der Waals surface area contributed by atoms with Crippen molar-refractivity contribution in [3.05, 3.63) is 53.2 Å². The first-order chi connectivity index (χ1) is 13.0. The number of fused-ring (bicyclic) bond motifs is 1. The predicted molar refractivity (Wildman–Crippen MR) is 98.5 cm³/mol. The molecule has 1 aromatic carbocycles. The van der Waals surface area contributed by atoms with E-state index in [1.165, 1.54) is 0 Å². The van der Waals surface area contributed by atoms with Gasteiger partial charge in [-0.3, -0.25) is 19.7 Å². The number of pyridine rings is 1. The Hall–Kier alpha value is -3.42. The van der Waals surface area contributed by atoms with Crippen LogP contribution in [0.3, 0.4) is 0 Å². The van der Waals surface area contributed by atoms with Gasteiger partial charge in [-0.2, -0.15) is 0 Å². The number of nitrogens with one attached hydrogen (secondary N) is 2. The van der Waals surface area contributed by atoms with Gasteiger partial charge in [0.05, 0.1) is 0 Å². The van der Waals surface area contributed by atoms with Gasteiger partial charge in [0.15, 0.2) is 0 Å². The van der Waals surface area contributed by atoms with Crippen LogP contribution in [-0.2, 0) is 22.7 Å². The van der Waals surface area contributed by atoms with Gasteiger partial charge in [0.2, 0.25) is 11.8 Å². The molecule has 2 aromatic rings. The molecule has 1 aromatic heterocycles. The number of benzene rings is 1. The molecule has 138 valence electrons. The van der Waals surface area contributed by atoms with Gasteiger partial charge in [-0.05, 0) is 29.7 Å². The van der Waals surface area contributed by atoms with Crippen molar-refractivity contribution in [1.82, 2.24) is 15.2 Å². The smallest absolute Gasteiger partial charge is 0.255 e. The fourth-order valence-electron chi connectivity index (χ4n) is 3.45. The number of carbonyl (C=O) groups excluding carboxylic acids is 3. The van der Waals surface area contributed by atoms with Crippen LogP contribution in [-0.4, -0.2) is 33.6 Å². The summed E-state index contributed by atoms with van der Waals surface area (Å²) in [7, 11) is 0. The topological polar surface area (TPSA) is 117 Å². The van der Waals surface area contributed by atoms with E-state index in [2.05, 4.69) is 15.6 Å². The van der Waals surface area contributed by atoms with Crippen molar-refractivity contribution >= 4 is 29.2 Å². The largest absolute Gasteiger partial charge is 0.399 e. The first kappa shape index (κ1) is 17.0. The Balaban J connectivity index is 1.48. The molecule has 8 nitrogen and oxygen atoms in total. The monoisotopic (exact) mass is 365 g/mol. The van der Waals surface area contributed by atoms with E-state index in [9.17, 15) is 14.4 Å². The van der Waals surface area contributed by atoms with Crippen LogP contribution in [0.5, 0.6) is 0 Å². The van der Waals surface area contributed by atoms with Gasteiger partial charge in [-0.15, -0.1) is 0 Å². The van der Waals surface area contributed by atoms with E-state index in [0.29, 0.717) is 36.6 Å². The number of carbonyl (C=O) groups is 3. The maximum atomic E-state index is 12.8. The second-order valence-corrected chi connectivity index (χ2v) is 6.72. The number of nitrogens with zero attached hydrogens (tertiary/aromatic N) is 2. The van der Waals surface area contributed by atoms with Gasteiger partial charge in [-0.1, -0.05) is 12.1 Å². The fraction of sp³-hybridized carbons (Fsp3) is 0.263. The number of nitrogen functional groups attached to an aromatic ring is 1. The molecule has 8 heteroatoms. The average molecular weight is 365 g/mol. The average Bonchev–Trinajstić information content (AvgIpc) is 2.96. The lowest BCUT2D eigenvalue weighted by molar-refractivity contribution is -0.136. The molecule has 27 heavy (non-hydrogen) atoms. The predicted octanol–water partition coefficient (Wildman–Crippen LogP) is 1.04. The molecule has 0 bridgehead atoms. The first-order valence-corrected chi connectivity index (χ1v) is 8.73. The molecular formula is C19H19N5O3. The minimum Gasteiger partial charge on any atom is -0.399 e. The van der Waals surface area contributed by atoms with E-state index in [-0.39, 0.29) is 18.2 Å². The van der Waals surface area contributed by atoms with Gasteiger partial charge in [-0.25, -0.2) is 4.98 Å². The van der Waals surface area contributed by atoms with E-state index in [4.69, 9.17) is 5.73 Å². The lowest BCUT2D eigenvalue weighted by Crippen LogP contribution is -2.52. The van der Waals surface area contributed by atoms with E-state index >= 15 is 0 Å². The van der Waals surface area contributed by atoms with Crippen LogP contribution in [0.25, 0.3) is 0 Å². The van der Waals surface area contributed by atoms with Crippen LogP contribution in [0.4, 0.5) is 11.5 Å². The Morgan fingerprint density at radius 3 is 2.85 bits per heavy atom. The lowest BCUT2D eigenvalue weighted by atomic mass is 10.0. The molecule has 2 aliphatic heterocycles. The van der Waals surface area contributed by atoms with Crippen molar-refractivity contribution in [2.75, 3.05) is 11.1 Å². The van der Waals surface area contributed by atoms with Crippen LogP contribution in [0, 0.1) is 0 Å². The van der Waals surface area contributed by atoms with Gasteiger partial charge >= 0.3 is 0 Å². The Kier molecular flexibility index (Phi) is 4.23. The highest BCUT2D eigenvalue weighted by atomic mass is 16.2. The quantitative estimate of drug-likeness (QED) is 0.697. The third kappa shape index (κ3) is 3.33. The maximum Gasteiger partial charge on any atom is 0.255 e. The summed E-state index contributed by atoms with van der Waals surface area (Å²) in [6.07, 6.45) is 2.24. The molecule has 1 atom stereocenters. The van der Waals surface area contributed by atoms with Crippen molar-refractivity contribution in [2.45, 2.75) is 32.0 Å². The van der Waals surface area contributed by atoms with Crippen LogP contribution in [0.15, 0.2) is 36.5 Å². The van der Waals surface area contributed by atoms with Crippen molar-refractivity contribution in [1.29, 1.82) is 0 Å². The Morgan fingerprint density at radius 1 is 1.22 bits per heavy atom. The molecule has 2 aliphatic rings. The second kappa shape index (κ2) is 6.71. The number of nitrogens with two attached hydrogens (primary N) is 1. The maximum absolute atomic E-state index is 12.8. The van der Waals surface area contributed by atoms with Crippen molar-refractivity contribution < 1.29 is 14.4 Å². The molecule has 0 radical (unpaired) electrons. The summed E-state index contributed by atoms with van der Waals surface area (Å²) in [5.41, 5.74) is 8.77. The number of aromatic nitrogens is 1. The highest BCUT2D eigenvalue weighted by Crippen LogP contribution is 2.28. The minimum atomic E-state index is -0.597. The Labute approximate surface area is 155 Å². The number of hydrogen-bond acceptors (Lipinski definition) is 6. The summed E-state index contributed by atoms with van der Waals surface area (Å²) >= 11 is 0. The van der Waals surface area contributed by atoms with E-state index < -0.39 is 11.9 Å². The number of anilines is 2. The molecule has 1 unspecified atom stereocenters. The van der Waals surface area contributed by atoms with E-state index in [0.717, 1.165) is 11.1 Å². The normalized spacial score (nSPS) is 19.0. The minimum absolute atomic E-state index is 0.177. The summed E-state index contributed by atoms with van der Waals surface area (Å²) in [6, 6.07) is 8.54. The van der Waals surface area contributed by atoms with Gasteiger partial charge < -0.3 is 16.0 Å². The number of rotatable bonds is 4. The second-order valence-electron chi connectivity index (χ2n) is 6.72. The van der Waals surface area contributed by atoms with Crippen molar-refractivity contribution in [3.8, 4) is 0 Å². The van der Waals surface area contributed by atoms with Gasteiger partial charge in [0, 0.05) is 43.0 Å². The molecule has 1 fully saturated rings. The van der Waals surface area contributed by atoms with Crippen LogP contribution >= 0.6 is 0 Å². The summed E-state index contributed by atoms with van der Waals surface area (Å²) in [4.78, 5) is 42.0. The zero-order chi connectivity index (χ0) is 19.0. The summed E-state index contributed by atoms with van der Waals surface area (Å²) in [6.45, 7) is 0.875. The summed E-state index contributed by atoms with van der Waals surface area (Å²) in [5, 5.41) is 5.49. The zero-order valence-corrected chi connectivity index (χ0v) is 14.6. The molecule has 0 saturated carbocycles. The number of hydrogen-bond donors (Lipinski definition) is 3. The summed E-state index contributed by atoms with van der Waals surface area (Å²) in [5.74, 6) is -0.207. The fourth-order valence-corrected chi connectivity index (χ4v) is 3.45. The molecule has 0 aliphatic carbocycles. The van der Waals surface area contributed by atoms with Gasteiger partial charge in [0.25, 0.3) is 5.91 Å². The third-order valence-electron chi connectivity index (χ3n) is 4.85. The lowest BCUT2D eigenvalue weighted by Gasteiger charge is -2.29. The summed E-state index contributed by atoms with van der Waals surface area (Å²) < 4.78 is 0. The third-order valence-corrected chi connectivity index (χ3v) is 4.85. The first-order valence-electron chi connectivity index (χ1n) is 8.73. The standard InChI is InChI=1S/C19H19N5O3/c20-13-5-6-21-16(8-13)22-9-11-1-2-12-10-24(19(27)14(12)7-11)15-3-4-17(25)23-18(15)26/h1-2,5-8,15H,3-4,9-10H2,(H3,20,21,22)(H,23,25,26). The van der Waals surface area contributed by atoms with Crippen LogP contribution in [0.1, 0.15) is 34.3 Å². The number of imide groups is 1. The molecule has 1 saturated heterocycles. The van der Waals surface area contributed by atoms with Crippen LogP contribution in [0.2, 0.25) is 0 Å². The highest BCUT2D eigenvalue weighted by Gasteiger charge is 2.39. The molecule has 0 spiro atoms. The highest BCUT2D eigenvalue weighted by molar-refractivity contribution is 6.05. The SMILES string of the molecule is Nc1ccnc(NCc2ccc3c(c2)C(=O)N(C2CCC(=O)NC2=O)C3)c1. The zero-order valence-electron chi connectivity index (χ0n) is 14.6. The van der Waals surface area contributed by atoms with Gasteiger partial charge in [0.1, 0.15) is 11.9 Å². The van der Waals surface area contributed by atoms with Crippen LogP contribution < -0.4 is 16.4 Å². The molecular weight excluding hydrogens is 346 g/mol. The Bertz CT molecular complexity index is 943. The van der Waals surface area contributed by atoms with Crippen molar-refractivity contribution in [2.24, 2.45) is 0 Å². The molecule has 3 heterocycles. The van der Waals surface area contributed by atoms with Crippen molar-refractivity contribution in [3.63, 3.8) is 0 Å². The molecule has 4 rings (SSSR count). The number of amides is 3.